The Kier molecular flexibility index (Phi) is 3.66. The first-order chi connectivity index (χ1) is 7.91. The standard InChI is InChI=1S/C11H18F3NO2/c12-11(13,14)7-16-5-3-10(15)4-6-17-9(10)8-1-2-8/h8-9H,1-7,15H2. The van der Waals surface area contributed by atoms with Gasteiger partial charge < -0.3 is 15.2 Å². The van der Waals surface area contributed by atoms with Crippen molar-refractivity contribution in [2.75, 3.05) is 19.8 Å². The van der Waals surface area contributed by atoms with E-state index in [1.165, 1.54) is 0 Å². The van der Waals surface area contributed by atoms with Crippen molar-refractivity contribution in [1.82, 2.24) is 0 Å². The van der Waals surface area contributed by atoms with Gasteiger partial charge in [-0.3, -0.25) is 0 Å². The quantitative estimate of drug-likeness (QED) is 0.760. The van der Waals surface area contributed by atoms with Gasteiger partial charge in [-0.05, 0) is 31.6 Å². The van der Waals surface area contributed by atoms with Crippen LogP contribution in [0.2, 0.25) is 0 Å². The Labute approximate surface area is 98.4 Å². The number of hydrogen-bond acceptors (Lipinski definition) is 3. The summed E-state index contributed by atoms with van der Waals surface area (Å²) >= 11 is 0. The van der Waals surface area contributed by atoms with Crippen LogP contribution in [-0.2, 0) is 9.47 Å². The molecule has 100 valence electrons. The Morgan fingerprint density at radius 2 is 2.06 bits per heavy atom. The second-order valence-electron chi connectivity index (χ2n) is 5.03. The first-order valence-corrected chi connectivity index (χ1v) is 5.96. The van der Waals surface area contributed by atoms with Crippen LogP contribution in [0.25, 0.3) is 0 Å². The summed E-state index contributed by atoms with van der Waals surface area (Å²) in [5.74, 6) is 0.505. The van der Waals surface area contributed by atoms with Crippen LogP contribution in [0, 0.1) is 5.92 Å². The summed E-state index contributed by atoms with van der Waals surface area (Å²) in [7, 11) is 0. The maximum absolute atomic E-state index is 11.9. The largest absolute Gasteiger partial charge is 0.411 e. The molecular weight excluding hydrogens is 235 g/mol. The molecule has 1 aliphatic carbocycles. The van der Waals surface area contributed by atoms with Gasteiger partial charge in [-0.2, -0.15) is 13.2 Å². The van der Waals surface area contributed by atoms with E-state index in [2.05, 4.69) is 4.74 Å². The maximum atomic E-state index is 11.9. The molecule has 2 aliphatic rings. The first-order valence-electron chi connectivity index (χ1n) is 5.96. The van der Waals surface area contributed by atoms with Gasteiger partial charge in [-0.25, -0.2) is 0 Å². The highest BCUT2D eigenvalue weighted by Gasteiger charge is 2.48. The van der Waals surface area contributed by atoms with E-state index in [9.17, 15) is 13.2 Å². The van der Waals surface area contributed by atoms with Crippen LogP contribution in [-0.4, -0.2) is 37.6 Å². The van der Waals surface area contributed by atoms with E-state index >= 15 is 0 Å². The van der Waals surface area contributed by atoms with Crippen molar-refractivity contribution in [3.63, 3.8) is 0 Å². The SMILES string of the molecule is NC1(CCOCC(F)(F)F)CCOC1C1CC1. The molecule has 2 rings (SSSR count). The fourth-order valence-corrected chi connectivity index (χ4v) is 2.41. The highest BCUT2D eigenvalue weighted by molar-refractivity contribution is 5.03. The number of alkyl halides is 3. The molecule has 0 aromatic heterocycles. The van der Waals surface area contributed by atoms with Gasteiger partial charge in [-0.1, -0.05) is 0 Å². The van der Waals surface area contributed by atoms with Crippen LogP contribution in [0.3, 0.4) is 0 Å². The molecule has 0 aromatic rings. The molecule has 1 aliphatic heterocycles. The van der Waals surface area contributed by atoms with Gasteiger partial charge in [0.25, 0.3) is 0 Å². The molecule has 2 atom stereocenters. The molecule has 0 aromatic carbocycles. The lowest BCUT2D eigenvalue weighted by Gasteiger charge is -2.30. The zero-order valence-electron chi connectivity index (χ0n) is 9.63. The third kappa shape index (κ3) is 3.56. The highest BCUT2D eigenvalue weighted by atomic mass is 19.4. The second-order valence-corrected chi connectivity index (χ2v) is 5.03. The van der Waals surface area contributed by atoms with Gasteiger partial charge >= 0.3 is 6.18 Å². The van der Waals surface area contributed by atoms with Crippen LogP contribution < -0.4 is 5.73 Å². The van der Waals surface area contributed by atoms with Gasteiger partial charge in [0.05, 0.1) is 6.10 Å². The van der Waals surface area contributed by atoms with Crippen LogP contribution in [0.1, 0.15) is 25.7 Å². The minimum atomic E-state index is -4.26. The van der Waals surface area contributed by atoms with Gasteiger partial charge in [0, 0.05) is 18.8 Å². The highest BCUT2D eigenvalue weighted by Crippen LogP contribution is 2.43. The van der Waals surface area contributed by atoms with Gasteiger partial charge in [-0.15, -0.1) is 0 Å². The lowest BCUT2D eigenvalue weighted by molar-refractivity contribution is -0.175. The van der Waals surface area contributed by atoms with Gasteiger partial charge in [0.15, 0.2) is 0 Å². The van der Waals surface area contributed by atoms with E-state index in [-0.39, 0.29) is 12.7 Å². The summed E-state index contributed by atoms with van der Waals surface area (Å²) in [6, 6.07) is 0. The average Bonchev–Trinajstić information content (AvgIpc) is 2.97. The third-order valence-electron chi connectivity index (χ3n) is 3.46. The minimum Gasteiger partial charge on any atom is -0.376 e. The first kappa shape index (κ1) is 13.1. The van der Waals surface area contributed by atoms with Gasteiger partial charge in [0.2, 0.25) is 0 Å². The molecule has 2 unspecified atom stereocenters. The molecule has 0 spiro atoms. The summed E-state index contributed by atoms with van der Waals surface area (Å²) in [5, 5.41) is 0. The second kappa shape index (κ2) is 4.74. The van der Waals surface area contributed by atoms with E-state index in [1.807, 2.05) is 0 Å². The van der Waals surface area contributed by atoms with Crippen molar-refractivity contribution in [2.24, 2.45) is 11.7 Å². The fraction of sp³-hybridized carbons (Fsp3) is 1.00. The molecule has 0 amide bonds. The molecule has 2 N–H and O–H groups in total. The summed E-state index contributed by atoms with van der Waals surface area (Å²) < 4.78 is 45.9. The summed E-state index contributed by atoms with van der Waals surface area (Å²) in [5.41, 5.74) is 5.71. The monoisotopic (exact) mass is 253 g/mol. The number of hydrogen-bond donors (Lipinski definition) is 1. The number of halogens is 3. The van der Waals surface area contributed by atoms with Crippen LogP contribution in [0.5, 0.6) is 0 Å². The van der Waals surface area contributed by atoms with Crippen LogP contribution >= 0.6 is 0 Å². The zero-order chi connectivity index (χ0) is 12.5. The number of ether oxygens (including phenoxy) is 2. The smallest absolute Gasteiger partial charge is 0.376 e. The number of rotatable bonds is 5. The van der Waals surface area contributed by atoms with Crippen molar-refractivity contribution in [3.05, 3.63) is 0 Å². The normalized spacial score (nSPS) is 34.2. The van der Waals surface area contributed by atoms with E-state index in [0.29, 0.717) is 25.4 Å². The predicted octanol–water partition coefficient (Wildman–Crippen LogP) is 1.85. The lowest BCUT2D eigenvalue weighted by Crippen LogP contribution is -2.49. The van der Waals surface area contributed by atoms with Crippen LogP contribution in [0.15, 0.2) is 0 Å². The molecular formula is C11H18F3NO2. The van der Waals surface area contributed by atoms with Crippen molar-refractivity contribution < 1.29 is 22.6 Å². The third-order valence-corrected chi connectivity index (χ3v) is 3.46. The van der Waals surface area contributed by atoms with E-state index in [0.717, 1.165) is 12.8 Å². The van der Waals surface area contributed by atoms with Gasteiger partial charge in [0.1, 0.15) is 6.61 Å². The maximum Gasteiger partial charge on any atom is 0.411 e. The molecule has 1 saturated carbocycles. The molecule has 3 nitrogen and oxygen atoms in total. The average molecular weight is 253 g/mol. The van der Waals surface area contributed by atoms with E-state index in [4.69, 9.17) is 10.5 Å². The fourth-order valence-electron chi connectivity index (χ4n) is 2.41. The Balaban J connectivity index is 1.73. The zero-order valence-corrected chi connectivity index (χ0v) is 9.63. The predicted molar refractivity (Wildman–Crippen MR) is 55.5 cm³/mol. The summed E-state index contributed by atoms with van der Waals surface area (Å²) in [4.78, 5) is 0. The molecule has 0 bridgehead atoms. The molecule has 6 heteroatoms. The molecule has 1 heterocycles. The topological polar surface area (TPSA) is 44.5 Å². The Morgan fingerprint density at radius 1 is 1.35 bits per heavy atom. The molecule has 2 fully saturated rings. The summed E-state index contributed by atoms with van der Waals surface area (Å²) in [6.07, 6.45) is -0.866. The van der Waals surface area contributed by atoms with Crippen molar-refractivity contribution in [1.29, 1.82) is 0 Å². The Morgan fingerprint density at radius 3 is 2.65 bits per heavy atom. The Hall–Kier alpha value is -0.330. The lowest BCUT2D eigenvalue weighted by atomic mass is 9.86. The minimum absolute atomic E-state index is 0.0111. The molecule has 0 radical (unpaired) electrons. The van der Waals surface area contributed by atoms with Crippen molar-refractivity contribution >= 4 is 0 Å². The number of nitrogens with two attached hydrogens (primary N) is 1. The molecule has 17 heavy (non-hydrogen) atoms. The van der Waals surface area contributed by atoms with Crippen LogP contribution in [0.4, 0.5) is 13.2 Å². The van der Waals surface area contributed by atoms with E-state index < -0.39 is 18.3 Å². The Bertz CT molecular complexity index is 268. The summed E-state index contributed by atoms with van der Waals surface area (Å²) in [6.45, 7) is -0.544. The molecule has 1 saturated heterocycles. The van der Waals surface area contributed by atoms with E-state index in [1.54, 1.807) is 0 Å². The van der Waals surface area contributed by atoms with Crippen molar-refractivity contribution in [3.8, 4) is 0 Å². The van der Waals surface area contributed by atoms with Crippen molar-refractivity contribution in [2.45, 2.75) is 43.5 Å².